The Morgan fingerprint density at radius 2 is 2.12 bits per heavy atom. The fourth-order valence-corrected chi connectivity index (χ4v) is 1.57. The molecule has 16 heavy (non-hydrogen) atoms. The van der Waals surface area contributed by atoms with Gasteiger partial charge in [-0.3, -0.25) is 9.78 Å². The molecule has 0 atom stereocenters. The van der Waals surface area contributed by atoms with E-state index in [9.17, 15) is 4.79 Å². The zero-order valence-electron chi connectivity index (χ0n) is 8.81. The highest BCUT2D eigenvalue weighted by Gasteiger charge is 2.00. The van der Waals surface area contributed by atoms with Crippen molar-refractivity contribution in [2.24, 2.45) is 5.73 Å². The molecule has 2 rings (SSSR count). The van der Waals surface area contributed by atoms with Gasteiger partial charge in [-0.1, -0.05) is 18.2 Å². The third kappa shape index (κ3) is 2.28. The van der Waals surface area contributed by atoms with E-state index < -0.39 is 0 Å². The number of amides is 1. The van der Waals surface area contributed by atoms with Crippen molar-refractivity contribution in [1.82, 2.24) is 4.98 Å². The first-order valence-electron chi connectivity index (χ1n) is 5.13. The molecule has 0 aliphatic carbocycles. The van der Waals surface area contributed by atoms with Gasteiger partial charge in [0, 0.05) is 30.2 Å². The summed E-state index contributed by atoms with van der Waals surface area (Å²) >= 11 is 0. The first kappa shape index (κ1) is 10.4. The molecule has 1 amide bonds. The summed E-state index contributed by atoms with van der Waals surface area (Å²) in [6.07, 6.45) is 2.07. The standard InChI is InChI=1S/C12H13N3O/c13-12(16)6-8-15-11-5-7-14-10-4-2-1-3-9(10)11/h1-5,7H,6,8H2,(H2,13,16)(H,14,15). The van der Waals surface area contributed by atoms with Crippen LogP contribution in [0, 0.1) is 0 Å². The number of nitrogens with two attached hydrogens (primary N) is 1. The largest absolute Gasteiger partial charge is 0.384 e. The van der Waals surface area contributed by atoms with Crippen molar-refractivity contribution < 1.29 is 4.79 Å². The molecule has 1 heterocycles. The third-order valence-corrected chi connectivity index (χ3v) is 2.34. The van der Waals surface area contributed by atoms with Crippen LogP contribution in [0.25, 0.3) is 10.9 Å². The Kier molecular flexibility index (Phi) is 3.00. The average Bonchev–Trinajstić information content (AvgIpc) is 2.29. The van der Waals surface area contributed by atoms with Crippen molar-refractivity contribution in [1.29, 1.82) is 0 Å². The number of carbonyl (C=O) groups excluding carboxylic acids is 1. The highest BCUT2D eigenvalue weighted by Crippen LogP contribution is 2.20. The minimum Gasteiger partial charge on any atom is -0.384 e. The van der Waals surface area contributed by atoms with Gasteiger partial charge in [0.2, 0.25) is 5.91 Å². The van der Waals surface area contributed by atoms with Gasteiger partial charge in [-0.05, 0) is 12.1 Å². The predicted molar refractivity (Wildman–Crippen MR) is 64.0 cm³/mol. The lowest BCUT2D eigenvalue weighted by molar-refractivity contribution is -0.117. The van der Waals surface area contributed by atoms with Crippen LogP contribution < -0.4 is 11.1 Å². The fourth-order valence-electron chi connectivity index (χ4n) is 1.57. The minimum absolute atomic E-state index is 0.300. The van der Waals surface area contributed by atoms with Crippen LogP contribution in [0.2, 0.25) is 0 Å². The van der Waals surface area contributed by atoms with E-state index in [-0.39, 0.29) is 5.91 Å². The second-order valence-electron chi connectivity index (χ2n) is 3.52. The molecular formula is C12H13N3O. The van der Waals surface area contributed by atoms with E-state index in [2.05, 4.69) is 10.3 Å². The summed E-state index contributed by atoms with van der Waals surface area (Å²) in [4.78, 5) is 14.9. The molecule has 0 unspecified atom stereocenters. The van der Waals surface area contributed by atoms with E-state index in [1.165, 1.54) is 0 Å². The zero-order chi connectivity index (χ0) is 11.4. The van der Waals surface area contributed by atoms with Gasteiger partial charge in [-0.15, -0.1) is 0 Å². The minimum atomic E-state index is -0.300. The molecule has 1 aromatic heterocycles. The molecule has 0 aliphatic rings. The van der Waals surface area contributed by atoms with Gasteiger partial charge in [-0.25, -0.2) is 0 Å². The summed E-state index contributed by atoms with van der Waals surface area (Å²) in [6.45, 7) is 0.545. The van der Waals surface area contributed by atoms with E-state index in [0.29, 0.717) is 13.0 Å². The second-order valence-corrected chi connectivity index (χ2v) is 3.52. The summed E-state index contributed by atoms with van der Waals surface area (Å²) < 4.78 is 0. The highest BCUT2D eigenvalue weighted by molar-refractivity contribution is 5.91. The van der Waals surface area contributed by atoms with Gasteiger partial charge in [-0.2, -0.15) is 0 Å². The highest BCUT2D eigenvalue weighted by atomic mass is 16.1. The molecular weight excluding hydrogens is 202 g/mol. The Labute approximate surface area is 93.5 Å². The number of pyridine rings is 1. The van der Waals surface area contributed by atoms with Crippen LogP contribution in [0.4, 0.5) is 5.69 Å². The van der Waals surface area contributed by atoms with Crippen LogP contribution in [0.15, 0.2) is 36.5 Å². The molecule has 82 valence electrons. The molecule has 0 aliphatic heterocycles. The quantitative estimate of drug-likeness (QED) is 0.812. The van der Waals surface area contributed by atoms with Crippen molar-refractivity contribution in [2.45, 2.75) is 6.42 Å². The molecule has 0 saturated heterocycles. The smallest absolute Gasteiger partial charge is 0.219 e. The Morgan fingerprint density at radius 3 is 2.94 bits per heavy atom. The van der Waals surface area contributed by atoms with Gasteiger partial charge < -0.3 is 11.1 Å². The summed E-state index contributed by atoms with van der Waals surface area (Å²) in [5.41, 5.74) is 6.99. The molecule has 0 radical (unpaired) electrons. The van der Waals surface area contributed by atoms with E-state index in [0.717, 1.165) is 16.6 Å². The maximum absolute atomic E-state index is 10.6. The topological polar surface area (TPSA) is 68.0 Å². The van der Waals surface area contributed by atoms with Crippen LogP contribution >= 0.6 is 0 Å². The van der Waals surface area contributed by atoms with Crippen molar-refractivity contribution in [3.8, 4) is 0 Å². The predicted octanol–water partition coefficient (Wildman–Crippen LogP) is 1.52. The number of nitrogens with zero attached hydrogens (tertiary/aromatic N) is 1. The van der Waals surface area contributed by atoms with Crippen LogP contribution in [-0.2, 0) is 4.79 Å². The van der Waals surface area contributed by atoms with Gasteiger partial charge in [0.25, 0.3) is 0 Å². The number of primary amides is 1. The first-order valence-corrected chi connectivity index (χ1v) is 5.13. The molecule has 0 spiro atoms. The maximum atomic E-state index is 10.6. The van der Waals surface area contributed by atoms with Crippen LogP contribution in [0.1, 0.15) is 6.42 Å². The number of carbonyl (C=O) groups is 1. The molecule has 4 heteroatoms. The van der Waals surface area contributed by atoms with Gasteiger partial charge in [0.15, 0.2) is 0 Å². The molecule has 1 aromatic carbocycles. The number of hydrogen-bond donors (Lipinski definition) is 2. The Balaban J connectivity index is 2.20. The van der Waals surface area contributed by atoms with Crippen molar-refractivity contribution >= 4 is 22.5 Å². The molecule has 3 N–H and O–H groups in total. The molecule has 0 bridgehead atoms. The van der Waals surface area contributed by atoms with E-state index in [4.69, 9.17) is 5.73 Å². The number of benzene rings is 1. The second kappa shape index (κ2) is 4.61. The molecule has 0 fully saturated rings. The Hall–Kier alpha value is -2.10. The average molecular weight is 215 g/mol. The van der Waals surface area contributed by atoms with Crippen molar-refractivity contribution in [2.75, 3.05) is 11.9 Å². The third-order valence-electron chi connectivity index (χ3n) is 2.34. The number of rotatable bonds is 4. The molecule has 2 aromatic rings. The zero-order valence-corrected chi connectivity index (χ0v) is 8.81. The van der Waals surface area contributed by atoms with E-state index in [1.807, 2.05) is 30.3 Å². The summed E-state index contributed by atoms with van der Waals surface area (Å²) in [5, 5.41) is 4.23. The fraction of sp³-hybridized carbons (Fsp3) is 0.167. The lowest BCUT2D eigenvalue weighted by Crippen LogP contribution is -2.15. The lowest BCUT2D eigenvalue weighted by atomic mass is 10.2. The normalized spacial score (nSPS) is 10.2. The number of nitrogens with one attached hydrogen (secondary N) is 1. The Bertz CT molecular complexity index is 505. The Morgan fingerprint density at radius 1 is 1.31 bits per heavy atom. The first-order chi connectivity index (χ1) is 7.77. The van der Waals surface area contributed by atoms with E-state index >= 15 is 0 Å². The maximum Gasteiger partial charge on any atom is 0.219 e. The van der Waals surface area contributed by atoms with Crippen molar-refractivity contribution in [3.63, 3.8) is 0 Å². The van der Waals surface area contributed by atoms with Crippen molar-refractivity contribution in [3.05, 3.63) is 36.5 Å². The molecule has 4 nitrogen and oxygen atoms in total. The SMILES string of the molecule is NC(=O)CCNc1ccnc2ccccc12. The summed E-state index contributed by atoms with van der Waals surface area (Å²) in [7, 11) is 0. The molecule has 0 saturated carbocycles. The monoisotopic (exact) mass is 215 g/mol. The van der Waals surface area contributed by atoms with Gasteiger partial charge in [0.1, 0.15) is 0 Å². The van der Waals surface area contributed by atoms with Crippen LogP contribution in [0.3, 0.4) is 0 Å². The van der Waals surface area contributed by atoms with Gasteiger partial charge in [0.05, 0.1) is 5.52 Å². The van der Waals surface area contributed by atoms with Crippen LogP contribution in [-0.4, -0.2) is 17.4 Å². The lowest BCUT2D eigenvalue weighted by Gasteiger charge is -2.07. The summed E-state index contributed by atoms with van der Waals surface area (Å²) in [6, 6.07) is 9.75. The van der Waals surface area contributed by atoms with Gasteiger partial charge >= 0.3 is 0 Å². The number of fused-ring (bicyclic) bond motifs is 1. The number of anilines is 1. The van der Waals surface area contributed by atoms with Crippen LogP contribution in [0.5, 0.6) is 0 Å². The van der Waals surface area contributed by atoms with E-state index in [1.54, 1.807) is 6.20 Å². The summed E-state index contributed by atoms with van der Waals surface area (Å²) in [5.74, 6) is -0.300. The number of aromatic nitrogens is 1. The number of hydrogen-bond acceptors (Lipinski definition) is 3. The number of para-hydroxylation sites is 1.